The number of benzene rings is 2. The van der Waals surface area contributed by atoms with Crippen LogP contribution in [0.3, 0.4) is 0 Å². The Labute approximate surface area is 187 Å². The van der Waals surface area contributed by atoms with Gasteiger partial charge in [-0.25, -0.2) is 0 Å². The average Bonchev–Trinajstić information content (AvgIpc) is 2.82. The molecule has 0 N–H and O–H groups in total. The number of fused-ring (bicyclic) bond motifs is 3. The van der Waals surface area contributed by atoms with Crippen molar-refractivity contribution in [3.63, 3.8) is 0 Å². The fourth-order valence-electron chi connectivity index (χ4n) is 4.41. The maximum Gasteiger partial charge on any atom is 0.0970 e. The van der Waals surface area contributed by atoms with Gasteiger partial charge in [-0.3, -0.25) is 9.97 Å². The molecular formula is C28H28N2Si. The number of hydrogen-bond acceptors (Lipinski definition) is 2. The minimum Gasteiger partial charge on any atom is -0.254 e. The van der Waals surface area contributed by atoms with Gasteiger partial charge in [0.25, 0.3) is 0 Å². The molecule has 154 valence electrons. The molecule has 0 spiro atoms. The van der Waals surface area contributed by atoms with E-state index in [0.29, 0.717) is 5.04 Å². The lowest BCUT2D eigenvalue weighted by atomic mass is 9.91. The maximum absolute atomic E-state index is 4.64. The van der Waals surface area contributed by atoms with E-state index in [2.05, 4.69) is 90.4 Å². The van der Waals surface area contributed by atoms with Crippen molar-refractivity contribution in [1.82, 2.24) is 9.97 Å². The summed E-state index contributed by atoms with van der Waals surface area (Å²) < 4.78 is 0. The molecule has 0 fully saturated rings. The normalized spacial score (nSPS) is 11.6. The number of aryl methyl sites for hydroxylation is 1. The minimum absolute atomic E-state index is 0.303. The average molecular weight is 421 g/mol. The molecule has 0 saturated heterocycles. The van der Waals surface area contributed by atoms with E-state index in [-0.39, 0.29) is 0 Å². The molecule has 0 aliphatic carbocycles. The summed E-state index contributed by atoms with van der Waals surface area (Å²) in [5.41, 5.74) is 5.71. The first-order chi connectivity index (χ1) is 15.2. The van der Waals surface area contributed by atoms with E-state index >= 15 is 0 Å². The van der Waals surface area contributed by atoms with Crippen LogP contribution in [-0.4, -0.2) is 19.5 Å². The smallest absolute Gasteiger partial charge is 0.0970 e. The van der Waals surface area contributed by atoms with Gasteiger partial charge in [-0.1, -0.05) is 61.2 Å². The van der Waals surface area contributed by atoms with Crippen molar-refractivity contribution in [1.29, 1.82) is 0 Å². The second kappa shape index (κ2) is 9.40. The molecule has 31 heavy (non-hydrogen) atoms. The van der Waals surface area contributed by atoms with E-state index in [1.165, 1.54) is 16.7 Å². The van der Waals surface area contributed by atoms with Crippen molar-refractivity contribution in [3.05, 3.63) is 97.9 Å². The molecule has 0 aliphatic heterocycles. The topological polar surface area (TPSA) is 25.8 Å². The van der Waals surface area contributed by atoms with E-state index in [9.17, 15) is 0 Å². The zero-order valence-electron chi connectivity index (χ0n) is 18.1. The summed E-state index contributed by atoms with van der Waals surface area (Å²) in [4.78, 5) is 9.20. The highest BCUT2D eigenvalue weighted by Gasteiger charge is 2.25. The molecule has 2 radical (unpaired) electrons. The highest BCUT2D eigenvalue weighted by molar-refractivity contribution is 6.38. The summed E-state index contributed by atoms with van der Waals surface area (Å²) >= 11 is 0. The molecule has 4 aromatic rings. The molecule has 0 saturated carbocycles. The van der Waals surface area contributed by atoms with E-state index < -0.39 is 0 Å². The van der Waals surface area contributed by atoms with Gasteiger partial charge in [0.15, 0.2) is 0 Å². The summed E-state index contributed by atoms with van der Waals surface area (Å²) in [6.07, 6.45) is 12.2. The van der Waals surface area contributed by atoms with Gasteiger partial charge in [-0.05, 0) is 59.5 Å². The maximum atomic E-state index is 4.64. The predicted octanol–water partition coefficient (Wildman–Crippen LogP) is 7.45. The standard InChI is InChI=1S/C28H28N2Si/c1-4-16-28(31-3,17-5-2)18-14-21-8-10-22(11-9-21)24-15-20-30-27-25(24)13-12-23-7-6-19-29-26(23)27/h4-13,15,19-20H,1-2,14,16-18H2,3H3. The molecule has 0 amide bonds. The van der Waals surface area contributed by atoms with Gasteiger partial charge in [0.1, 0.15) is 0 Å². The fourth-order valence-corrected chi connectivity index (χ4v) is 5.48. The van der Waals surface area contributed by atoms with Crippen LogP contribution in [-0.2, 0) is 6.42 Å². The van der Waals surface area contributed by atoms with Crippen LogP contribution in [0, 0.1) is 0 Å². The molecule has 2 aromatic carbocycles. The third-order valence-electron chi connectivity index (χ3n) is 6.24. The second-order valence-corrected chi connectivity index (χ2v) is 9.67. The molecule has 0 unspecified atom stereocenters. The molecule has 3 heteroatoms. The van der Waals surface area contributed by atoms with Gasteiger partial charge >= 0.3 is 0 Å². The monoisotopic (exact) mass is 420 g/mol. The molecular weight excluding hydrogens is 392 g/mol. The predicted molar refractivity (Wildman–Crippen MR) is 135 cm³/mol. The second-order valence-electron chi connectivity index (χ2n) is 8.11. The highest BCUT2D eigenvalue weighted by atomic mass is 28.2. The van der Waals surface area contributed by atoms with Crippen LogP contribution < -0.4 is 0 Å². The van der Waals surface area contributed by atoms with Gasteiger partial charge in [0.2, 0.25) is 0 Å². The Morgan fingerprint density at radius 3 is 2.32 bits per heavy atom. The van der Waals surface area contributed by atoms with Crippen LogP contribution in [0.2, 0.25) is 11.6 Å². The van der Waals surface area contributed by atoms with E-state index in [4.69, 9.17) is 0 Å². The van der Waals surface area contributed by atoms with Crippen molar-refractivity contribution in [2.45, 2.75) is 37.3 Å². The minimum atomic E-state index is 0.303. The molecule has 2 nitrogen and oxygen atoms in total. The lowest BCUT2D eigenvalue weighted by Crippen LogP contribution is -2.18. The largest absolute Gasteiger partial charge is 0.254 e. The number of allylic oxidation sites excluding steroid dienone is 2. The van der Waals surface area contributed by atoms with Crippen LogP contribution in [0.5, 0.6) is 0 Å². The Morgan fingerprint density at radius 1 is 0.871 bits per heavy atom. The first kappa shape index (κ1) is 21.2. The summed E-state index contributed by atoms with van der Waals surface area (Å²) in [7, 11) is 0.885. The zero-order chi connectivity index (χ0) is 21.7. The number of nitrogens with zero attached hydrogens (tertiary/aromatic N) is 2. The van der Waals surface area contributed by atoms with Crippen molar-refractivity contribution >= 4 is 31.3 Å². The van der Waals surface area contributed by atoms with Gasteiger partial charge in [0.05, 0.1) is 11.0 Å². The molecule has 0 bridgehead atoms. The fraction of sp³-hybridized carbons (Fsp3) is 0.214. The van der Waals surface area contributed by atoms with E-state index in [1.807, 2.05) is 18.5 Å². The highest BCUT2D eigenvalue weighted by Crippen LogP contribution is 2.40. The van der Waals surface area contributed by atoms with Gasteiger partial charge < -0.3 is 0 Å². The first-order valence-electron chi connectivity index (χ1n) is 10.8. The van der Waals surface area contributed by atoms with Crippen molar-refractivity contribution in [2.24, 2.45) is 0 Å². The molecule has 0 aliphatic rings. The van der Waals surface area contributed by atoms with Crippen molar-refractivity contribution in [2.75, 3.05) is 0 Å². The third kappa shape index (κ3) is 4.37. The Balaban J connectivity index is 1.61. The van der Waals surface area contributed by atoms with Crippen LogP contribution in [0.4, 0.5) is 0 Å². The summed E-state index contributed by atoms with van der Waals surface area (Å²) in [6.45, 7) is 10.3. The van der Waals surface area contributed by atoms with Crippen molar-refractivity contribution in [3.8, 4) is 11.1 Å². The molecule has 2 aromatic heterocycles. The Hall–Kier alpha value is -3.04. The van der Waals surface area contributed by atoms with Crippen LogP contribution in [0.15, 0.2) is 92.3 Å². The zero-order valence-corrected chi connectivity index (χ0v) is 19.1. The third-order valence-corrected chi connectivity index (χ3v) is 7.96. The lowest BCUT2D eigenvalue weighted by molar-refractivity contribution is 0.518. The van der Waals surface area contributed by atoms with Crippen LogP contribution in [0.25, 0.3) is 32.9 Å². The summed E-state index contributed by atoms with van der Waals surface area (Å²) in [5.74, 6) is 0. The number of rotatable bonds is 9. The Kier molecular flexibility index (Phi) is 6.43. The number of pyridine rings is 2. The van der Waals surface area contributed by atoms with E-state index in [0.717, 1.165) is 57.0 Å². The van der Waals surface area contributed by atoms with Crippen LogP contribution >= 0.6 is 0 Å². The lowest BCUT2D eigenvalue weighted by Gasteiger charge is -2.30. The molecule has 2 heterocycles. The number of hydrogen-bond donors (Lipinski definition) is 0. The van der Waals surface area contributed by atoms with Crippen LogP contribution in [0.1, 0.15) is 24.8 Å². The molecule has 0 atom stereocenters. The van der Waals surface area contributed by atoms with Gasteiger partial charge in [0, 0.05) is 32.7 Å². The van der Waals surface area contributed by atoms with Gasteiger partial charge in [-0.2, -0.15) is 0 Å². The quantitative estimate of drug-likeness (QED) is 0.160. The van der Waals surface area contributed by atoms with Crippen molar-refractivity contribution < 1.29 is 0 Å². The SMILES string of the molecule is C=CCC(CC=C)(CCc1ccc(-c2ccnc3c2ccc2cccnc23)cc1)[Si]C. The van der Waals surface area contributed by atoms with Gasteiger partial charge in [-0.15, -0.1) is 13.2 Å². The Morgan fingerprint density at radius 2 is 1.61 bits per heavy atom. The molecule has 4 rings (SSSR count). The first-order valence-corrected chi connectivity index (χ1v) is 12.3. The van der Waals surface area contributed by atoms with E-state index in [1.54, 1.807) is 0 Å². The summed E-state index contributed by atoms with van der Waals surface area (Å²) in [6, 6.07) is 19.5. The Bertz CT molecular complexity index is 1200. The number of aromatic nitrogens is 2. The summed E-state index contributed by atoms with van der Waals surface area (Å²) in [5, 5.41) is 2.57.